The molecule has 0 saturated carbocycles. The van der Waals surface area contributed by atoms with Gasteiger partial charge in [0.2, 0.25) is 5.95 Å². The van der Waals surface area contributed by atoms with Gasteiger partial charge in [-0.25, -0.2) is 4.79 Å². The second kappa shape index (κ2) is 8.09. The molecule has 0 atom stereocenters. The molecule has 9 nitrogen and oxygen atoms in total. The maximum absolute atomic E-state index is 12.3. The molecule has 1 aromatic carbocycles. The highest BCUT2D eigenvalue weighted by Crippen LogP contribution is 2.14. The number of H-pyrrole nitrogens is 1. The fraction of sp³-hybridized carbons (Fsp3) is 0.167. The quantitative estimate of drug-likeness (QED) is 0.553. The summed E-state index contributed by atoms with van der Waals surface area (Å²) in [5.41, 5.74) is 1.62. The Morgan fingerprint density at radius 2 is 1.81 bits per heavy atom. The number of benzene rings is 1. The minimum Gasteiger partial charge on any atom is -0.336 e. The number of urea groups is 1. The summed E-state index contributed by atoms with van der Waals surface area (Å²) in [6.07, 6.45) is 1.65. The van der Waals surface area contributed by atoms with E-state index in [1.54, 1.807) is 42.6 Å². The number of rotatable bonds is 5. The van der Waals surface area contributed by atoms with Crippen LogP contribution in [0, 0.1) is 0 Å². The molecule has 0 fully saturated rings. The van der Waals surface area contributed by atoms with E-state index >= 15 is 0 Å². The smallest absolute Gasteiger partial charge is 0.319 e. The summed E-state index contributed by atoms with van der Waals surface area (Å²) >= 11 is 0. The van der Waals surface area contributed by atoms with Gasteiger partial charge in [-0.1, -0.05) is 6.07 Å². The van der Waals surface area contributed by atoms with Crippen molar-refractivity contribution in [2.75, 3.05) is 10.6 Å². The molecule has 2 aromatic heterocycles. The van der Waals surface area contributed by atoms with Crippen molar-refractivity contribution in [2.45, 2.75) is 19.9 Å². The minimum atomic E-state index is -0.361. The van der Waals surface area contributed by atoms with Crippen LogP contribution >= 0.6 is 0 Å². The molecule has 3 rings (SSSR count). The van der Waals surface area contributed by atoms with Gasteiger partial charge in [0, 0.05) is 23.5 Å². The number of carbonyl (C=O) groups is 2. The average Bonchev–Trinajstić information content (AvgIpc) is 3.11. The lowest BCUT2D eigenvalue weighted by molar-refractivity contribution is 0.102. The van der Waals surface area contributed by atoms with Crippen molar-refractivity contribution in [3.05, 3.63) is 54.2 Å². The second-order valence-electron chi connectivity index (χ2n) is 6.01. The number of hydrogen-bond acceptors (Lipinski definition) is 5. The van der Waals surface area contributed by atoms with Gasteiger partial charge in [0.25, 0.3) is 5.91 Å². The third-order valence-electron chi connectivity index (χ3n) is 3.44. The lowest BCUT2D eigenvalue weighted by Gasteiger charge is -2.10. The Labute approximate surface area is 155 Å². The number of aromatic nitrogens is 4. The van der Waals surface area contributed by atoms with E-state index in [9.17, 15) is 9.59 Å². The molecule has 9 heteroatoms. The molecule has 2 heterocycles. The van der Waals surface area contributed by atoms with Crippen LogP contribution in [-0.2, 0) is 0 Å². The maximum Gasteiger partial charge on any atom is 0.319 e. The zero-order valence-corrected chi connectivity index (χ0v) is 14.9. The Bertz CT molecular complexity index is 920. The molecule has 0 spiro atoms. The van der Waals surface area contributed by atoms with Gasteiger partial charge >= 0.3 is 6.03 Å². The van der Waals surface area contributed by atoms with Gasteiger partial charge in [-0.2, -0.15) is 4.98 Å². The largest absolute Gasteiger partial charge is 0.336 e. The average molecular weight is 365 g/mol. The van der Waals surface area contributed by atoms with Crippen LogP contribution in [0.25, 0.3) is 11.5 Å². The summed E-state index contributed by atoms with van der Waals surface area (Å²) < 4.78 is 0. The van der Waals surface area contributed by atoms with E-state index in [0.29, 0.717) is 22.8 Å². The minimum absolute atomic E-state index is 0.0346. The number of carbonyl (C=O) groups excluding carboxylic acids is 2. The highest BCUT2D eigenvalue weighted by atomic mass is 16.2. The van der Waals surface area contributed by atoms with E-state index in [4.69, 9.17) is 0 Å². The van der Waals surface area contributed by atoms with Gasteiger partial charge in [-0.3, -0.25) is 20.2 Å². The van der Waals surface area contributed by atoms with E-state index in [2.05, 4.69) is 36.1 Å². The van der Waals surface area contributed by atoms with Crippen molar-refractivity contribution >= 4 is 23.6 Å². The van der Waals surface area contributed by atoms with Crippen LogP contribution in [-0.4, -0.2) is 38.1 Å². The molecule has 0 aliphatic rings. The molecule has 27 heavy (non-hydrogen) atoms. The molecule has 0 unspecified atom stereocenters. The topological polar surface area (TPSA) is 125 Å². The Balaban J connectivity index is 1.61. The molecular weight excluding hydrogens is 346 g/mol. The zero-order valence-electron chi connectivity index (χ0n) is 14.9. The number of hydrogen-bond donors (Lipinski definition) is 4. The second-order valence-corrected chi connectivity index (χ2v) is 6.01. The number of aromatic amines is 1. The molecule has 3 amide bonds. The van der Waals surface area contributed by atoms with Gasteiger partial charge < -0.3 is 10.6 Å². The normalized spacial score (nSPS) is 10.5. The number of anilines is 2. The van der Waals surface area contributed by atoms with Crippen molar-refractivity contribution in [1.82, 2.24) is 25.5 Å². The SMILES string of the molecule is CC(C)NC(=O)Nc1ccc(C(=O)Nc2n[nH]c(-c3ccccn3)n2)cc1. The lowest BCUT2D eigenvalue weighted by atomic mass is 10.2. The summed E-state index contributed by atoms with van der Waals surface area (Å²) in [5.74, 6) is 0.250. The molecule has 4 N–H and O–H groups in total. The molecule has 0 aliphatic heterocycles. The van der Waals surface area contributed by atoms with Gasteiger partial charge in [0.1, 0.15) is 5.69 Å². The van der Waals surface area contributed by atoms with Gasteiger partial charge in [-0.05, 0) is 50.2 Å². The summed E-state index contributed by atoms with van der Waals surface area (Å²) in [7, 11) is 0. The zero-order chi connectivity index (χ0) is 19.2. The third kappa shape index (κ3) is 4.88. The molecule has 0 saturated heterocycles. The van der Waals surface area contributed by atoms with Gasteiger partial charge in [0.05, 0.1) is 0 Å². The van der Waals surface area contributed by atoms with E-state index < -0.39 is 0 Å². The van der Waals surface area contributed by atoms with Crippen LogP contribution in [0.5, 0.6) is 0 Å². The van der Waals surface area contributed by atoms with Crippen LogP contribution in [0.4, 0.5) is 16.4 Å². The number of nitrogens with one attached hydrogen (secondary N) is 4. The summed E-state index contributed by atoms with van der Waals surface area (Å²) in [4.78, 5) is 32.4. The predicted molar refractivity (Wildman–Crippen MR) is 101 cm³/mol. The Morgan fingerprint density at radius 3 is 2.48 bits per heavy atom. The molecule has 138 valence electrons. The fourth-order valence-corrected chi connectivity index (χ4v) is 2.24. The first-order valence-electron chi connectivity index (χ1n) is 8.34. The van der Waals surface area contributed by atoms with Crippen molar-refractivity contribution in [3.8, 4) is 11.5 Å². The van der Waals surface area contributed by atoms with Crippen LogP contribution in [0.2, 0.25) is 0 Å². The predicted octanol–water partition coefficient (Wildman–Crippen LogP) is 2.65. The summed E-state index contributed by atoms with van der Waals surface area (Å²) in [5, 5.41) is 14.7. The van der Waals surface area contributed by atoms with Gasteiger partial charge in [-0.15, -0.1) is 5.10 Å². The third-order valence-corrected chi connectivity index (χ3v) is 3.44. The van der Waals surface area contributed by atoms with Gasteiger partial charge in [0.15, 0.2) is 5.82 Å². The van der Waals surface area contributed by atoms with E-state index in [-0.39, 0.29) is 23.9 Å². The number of nitrogens with zero attached hydrogens (tertiary/aromatic N) is 3. The summed E-state index contributed by atoms with van der Waals surface area (Å²) in [6, 6.07) is 11.6. The van der Waals surface area contributed by atoms with Crippen molar-refractivity contribution in [3.63, 3.8) is 0 Å². The Hall–Kier alpha value is -3.75. The highest BCUT2D eigenvalue weighted by Gasteiger charge is 2.12. The standard InChI is InChI=1S/C18H19N7O2/c1-11(2)20-18(27)21-13-8-6-12(7-9-13)16(26)23-17-22-15(24-25-17)14-5-3-4-10-19-14/h3-11H,1-2H3,(H2,20,21,27)(H2,22,23,24,25,26). The first-order valence-corrected chi connectivity index (χ1v) is 8.34. The monoisotopic (exact) mass is 365 g/mol. The highest BCUT2D eigenvalue weighted by molar-refractivity contribution is 6.03. The van der Waals surface area contributed by atoms with E-state index in [0.717, 1.165) is 0 Å². The Morgan fingerprint density at radius 1 is 1.04 bits per heavy atom. The Kier molecular flexibility index (Phi) is 5.41. The lowest BCUT2D eigenvalue weighted by Crippen LogP contribution is -2.34. The molecule has 0 radical (unpaired) electrons. The van der Waals surface area contributed by atoms with Crippen LogP contribution in [0.1, 0.15) is 24.2 Å². The maximum atomic E-state index is 12.3. The molecular formula is C18H19N7O2. The number of amides is 3. The molecule has 3 aromatic rings. The first-order chi connectivity index (χ1) is 13.0. The van der Waals surface area contributed by atoms with Crippen molar-refractivity contribution in [1.29, 1.82) is 0 Å². The number of pyridine rings is 1. The molecule has 0 bridgehead atoms. The first kappa shape index (κ1) is 18.1. The van der Waals surface area contributed by atoms with E-state index in [1.165, 1.54) is 0 Å². The van der Waals surface area contributed by atoms with Crippen molar-refractivity contribution in [2.24, 2.45) is 0 Å². The van der Waals surface area contributed by atoms with Crippen LogP contribution in [0.15, 0.2) is 48.7 Å². The fourth-order valence-electron chi connectivity index (χ4n) is 2.24. The molecule has 0 aliphatic carbocycles. The summed E-state index contributed by atoms with van der Waals surface area (Å²) in [6.45, 7) is 3.74. The van der Waals surface area contributed by atoms with Crippen molar-refractivity contribution < 1.29 is 9.59 Å². The van der Waals surface area contributed by atoms with Crippen LogP contribution in [0.3, 0.4) is 0 Å². The van der Waals surface area contributed by atoms with Crippen LogP contribution < -0.4 is 16.0 Å². The van der Waals surface area contributed by atoms with E-state index in [1.807, 2.05) is 19.9 Å².